The van der Waals surface area contributed by atoms with Gasteiger partial charge in [0.25, 0.3) is 0 Å². The predicted molar refractivity (Wildman–Crippen MR) is 147 cm³/mol. The number of hydrogen-bond acceptors (Lipinski definition) is 6. The van der Waals surface area contributed by atoms with E-state index in [0.29, 0.717) is 17.8 Å². The summed E-state index contributed by atoms with van der Waals surface area (Å²) in [4.78, 5) is 25.5. The average molecular weight is 522 g/mol. The molecule has 0 spiro atoms. The van der Waals surface area contributed by atoms with Crippen LogP contribution in [-0.2, 0) is 6.54 Å². The maximum absolute atomic E-state index is 14.9. The fourth-order valence-electron chi connectivity index (χ4n) is 4.36. The SMILES string of the molecule is C=Cc1ccc(C(C)NC)cc1-c1nc(NCCCN(C)C)nc2c1CNC(=O)N2c1c(F)cccc1F. The summed E-state index contributed by atoms with van der Waals surface area (Å²) in [6.45, 7) is 7.53. The highest BCUT2D eigenvalue weighted by molar-refractivity contribution is 6.02. The quantitative estimate of drug-likeness (QED) is 0.323. The molecule has 0 aliphatic carbocycles. The molecule has 8 nitrogen and oxygen atoms in total. The first-order valence-electron chi connectivity index (χ1n) is 12.5. The van der Waals surface area contributed by atoms with Crippen molar-refractivity contribution in [3.05, 3.63) is 71.3 Å². The van der Waals surface area contributed by atoms with Crippen molar-refractivity contribution < 1.29 is 13.6 Å². The Balaban J connectivity index is 1.93. The Hall–Kier alpha value is -3.89. The van der Waals surface area contributed by atoms with Crippen LogP contribution in [0.5, 0.6) is 0 Å². The van der Waals surface area contributed by atoms with Crippen LogP contribution in [0.25, 0.3) is 17.3 Å². The number of halogens is 2. The molecule has 2 amide bonds. The molecule has 200 valence electrons. The summed E-state index contributed by atoms with van der Waals surface area (Å²) in [5.74, 6) is -1.36. The van der Waals surface area contributed by atoms with Crippen molar-refractivity contribution in [3.8, 4) is 11.3 Å². The van der Waals surface area contributed by atoms with Crippen LogP contribution in [0.15, 0.2) is 43.0 Å². The molecule has 1 aliphatic rings. The van der Waals surface area contributed by atoms with E-state index in [1.807, 2.05) is 46.3 Å². The Kier molecular flexibility index (Phi) is 8.33. The van der Waals surface area contributed by atoms with Gasteiger partial charge in [-0.05, 0) is 70.4 Å². The zero-order chi connectivity index (χ0) is 27.4. The first-order chi connectivity index (χ1) is 18.2. The third kappa shape index (κ3) is 5.51. The van der Waals surface area contributed by atoms with Crippen molar-refractivity contribution >= 4 is 29.6 Å². The van der Waals surface area contributed by atoms with Crippen molar-refractivity contribution in [1.82, 2.24) is 25.5 Å². The molecule has 2 heterocycles. The minimum atomic E-state index is -0.870. The van der Waals surface area contributed by atoms with Crippen LogP contribution in [-0.4, -0.2) is 55.1 Å². The Morgan fingerprint density at radius 1 is 1.21 bits per heavy atom. The lowest BCUT2D eigenvalue weighted by Crippen LogP contribution is -2.43. The number of para-hydroxylation sites is 1. The number of fused-ring (bicyclic) bond motifs is 1. The van der Waals surface area contributed by atoms with Crippen LogP contribution >= 0.6 is 0 Å². The number of carbonyl (C=O) groups excluding carboxylic acids is 1. The van der Waals surface area contributed by atoms with Crippen molar-refractivity contribution in [1.29, 1.82) is 0 Å². The molecule has 0 saturated carbocycles. The second-order valence-corrected chi connectivity index (χ2v) is 9.41. The molecule has 4 rings (SSSR count). The maximum Gasteiger partial charge on any atom is 0.328 e. The van der Waals surface area contributed by atoms with Crippen LogP contribution in [0.2, 0.25) is 0 Å². The van der Waals surface area contributed by atoms with E-state index in [1.54, 1.807) is 6.08 Å². The number of anilines is 3. The number of amides is 2. The van der Waals surface area contributed by atoms with Gasteiger partial charge in [0, 0.05) is 23.7 Å². The lowest BCUT2D eigenvalue weighted by atomic mass is 9.95. The van der Waals surface area contributed by atoms with Crippen LogP contribution in [0, 0.1) is 11.6 Å². The predicted octanol–water partition coefficient (Wildman–Crippen LogP) is 5.07. The number of carbonyl (C=O) groups is 1. The zero-order valence-electron chi connectivity index (χ0n) is 22.1. The molecule has 0 bridgehead atoms. The normalized spacial score (nSPS) is 13.8. The zero-order valence-corrected chi connectivity index (χ0v) is 22.1. The molecule has 0 saturated heterocycles. The minimum absolute atomic E-state index is 0.0672. The van der Waals surface area contributed by atoms with Gasteiger partial charge in [0.15, 0.2) is 5.82 Å². The number of rotatable bonds is 10. The van der Waals surface area contributed by atoms with Gasteiger partial charge in [-0.3, -0.25) is 0 Å². The molecule has 10 heteroatoms. The highest BCUT2D eigenvalue weighted by atomic mass is 19.1. The molecule has 1 aromatic heterocycles. The van der Waals surface area contributed by atoms with E-state index in [0.717, 1.165) is 46.7 Å². The van der Waals surface area contributed by atoms with Crippen LogP contribution in [0.1, 0.15) is 36.1 Å². The van der Waals surface area contributed by atoms with Gasteiger partial charge in [0.2, 0.25) is 5.95 Å². The minimum Gasteiger partial charge on any atom is -0.354 e. The summed E-state index contributed by atoms with van der Waals surface area (Å²) in [7, 11) is 5.86. The lowest BCUT2D eigenvalue weighted by molar-refractivity contribution is 0.246. The monoisotopic (exact) mass is 521 g/mol. The third-order valence-electron chi connectivity index (χ3n) is 6.53. The van der Waals surface area contributed by atoms with E-state index >= 15 is 0 Å². The number of aromatic nitrogens is 2. The standard InChI is InChI=1S/C28H33F2N7O/c1-6-18-11-12-19(17(2)31-3)15-20(18)24-21-16-33-28(38)37(25-22(29)9-7-10-23(25)30)26(21)35-27(34-24)32-13-8-14-36(4)5/h6-7,9-12,15,17,31H,1,8,13-14,16H2,2-5H3,(H,33,38)(H,32,34,35). The van der Waals surface area contributed by atoms with Crippen LogP contribution < -0.4 is 20.9 Å². The first-order valence-corrected chi connectivity index (χ1v) is 12.5. The summed E-state index contributed by atoms with van der Waals surface area (Å²) < 4.78 is 29.8. The summed E-state index contributed by atoms with van der Waals surface area (Å²) >= 11 is 0. The van der Waals surface area contributed by atoms with Gasteiger partial charge < -0.3 is 20.9 Å². The molecule has 1 atom stereocenters. The van der Waals surface area contributed by atoms with E-state index in [1.165, 1.54) is 6.07 Å². The molecular weight excluding hydrogens is 488 g/mol. The van der Waals surface area contributed by atoms with Crippen LogP contribution in [0.4, 0.5) is 31.0 Å². The molecule has 2 aromatic carbocycles. The Morgan fingerprint density at radius 2 is 1.95 bits per heavy atom. The fraction of sp³-hybridized carbons (Fsp3) is 0.321. The van der Waals surface area contributed by atoms with Gasteiger partial charge in [0.05, 0.1) is 12.2 Å². The number of benzene rings is 2. The number of nitrogens with one attached hydrogen (secondary N) is 3. The third-order valence-corrected chi connectivity index (χ3v) is 6.53. The average Bonchev–Trinajstić information content (AvgIpc) is 2.90. The highest BCUT2D eigenvalue weighted by Crippen LogP contribution is 2.39. The van der Waals surface area contributed by atoms with Crippen molar-refractivity contribution in [3.63, 3.8) is 0 Å². The van der Waals surface area contributed by atoms with E-state index in [4.69, 9.17) is 4.98 Å². The van der Waals surface area contributed by atoms with Gasteiger partial charge in [-0.1, -0.05) is 30.9 Å². The Morgan fingerprint density at radius 3 is 2.61 bits per heavy atom. The second kappa shape index (κ2) is 11.7. The first kappa shape index (κ1) is 27.2. The maximum atomic E-state index is 14.9. The highest BCUT2D eigenvalue weighted by Gasteiger charge is 2.34. The number of urea groups is 1. The molecule has 1 unspecified atom stereocenters. The van der Waals surface area contributed by atoms with Crippen LogP contribution in [0.3, 0.4) is 0 Å². The molecular formula is C28H33F2N7O. The summed E-state index contributed by atoms with van der Waals surface area (Å²) in [6.07, 6.45) is 2.56. The number of hydrogen-bond donors (Lipinski definition) is 3. The van der Waals surface area contributed by atoms with Gasteiger partial charge in [-0.15, -0.1) is 0 Å². The topological polar surface area (TPSA) is 85.4 Å². The summed E-state index contributed by atoms with van der Waals surface area (Å²) in [6, 6.07) is 8.86. The molecule has 3 N–H and O–H groups in total. The number of nitrogens with zero attached hydrogens (tertiary/aromatic N) is 4. The van der Waals surface area contributed by atoms with Crippen molar-refractivity contribution in [2.75, 3.05) is 44.4 Å². The van der Waals surface area contributed by atoms with Gasteiger partial charge >= 0.3 is 6.03 Å². The smallest absolute Gasteiger partial charge is 0.328 e. The summed E-state index contributed by atoms with van der Waals surface area (Å²) in [5.41, 5.74) is 3.24. The lowest BCUT2D eigenvalue weighted by Gasteiger charge is -2.31. The van der Waals surface area contributed by atoms with Gasteiger partial charge in [-0.25, -0.2) is 23.5 Å². The largest absolute Gasteiger partial charge is 0.354 e. The van der Waals surface area contributed by atoms with Gasteiger partial charge in [0.1, 0.15) is 17.3 Å². The molecule has 38 heavy (non-hydrogen) atoms. The summed E-state index contributed by atoms with van der Waals surface area (Å²) in [5, 5.41) is 9.20. The van der Waals surface area contributed by atoms with Gasteiger partial charge in [-0.2, -0.15) is 4.98 Å². The Bertz CT molecular complexity index is 1320. The van der Waals surface area contributed by atoms with E-state index in [2.05, 4.69) is 32.4 Å². The Labute approximate surface area is 221 Å². The molecule has 0 fully saturated rings. The van der Waals surface area contributed by atoms with Crippen molar-refractivity contribution in [2.45, 2.75) is 25.9 Å². The van der Waals surface area contributed by atoms with E-state index < -0.39 is 23.4 Å². The van der Waals surface area contributed by atoms with E-state index in [9.17, 15) is 13.6 Å². The fourth-order valence-corrected chi connectivity index (χ4v) is 4.36. The second-order valence-electron chi connectivity index (χ2n) is 9.41. The molecule has 0 radical (unpaired) electrons. The van der Waals surface area contributed by atoms with E-state index in [-0.39, 0.29) is 24.4 Å². The molecule has 1 aliphatic heterocycles. The molecule has 3 aromatic rings. The van der Waals surface area contributed by atoms with Crippen molar-refractivity contribution in [2.24, 2.45) is 0 Å².